The van der Waals surface area contributed by atoms with Gasteiger partial charge in [0.05, 0.1) is 11.6 Å². The maximum Gasteiger partial charge on any atom is 0.127 e. The van der Waals surface area contributed by atoms with E-state index >= 15 is 0 Å². The number of aromatic nitrogens is 1. The van der Waals surface area contributed by atoms with E-state index in [2.05, 4.69) is 28.3 Å². The monoisotopic (exact) mass is 230 g/mol. The Labute approximate surface area is 102 Å². The van der Waals surface area contributed by atoms with Crippen molar-refractivity contribution in [1.29, 1.82) is 5.26 Å². The summed E-state index contributed by atoms with van der Waals surface area (Å²) in [5.74, 6) is 0.797. The molecule has 0 unspecified atom stereocenters. The van der Waals surface area contributed by atoms with Gasteiger partial charge in [0, 0.05) is 24.8 Å². The number of pyridine rings is 1. The van der Waals surface area contributed by atoms with Gasteiger partial charge in [-0.05, 0) is 38.9 Å². The smallest absolute Gasteiger partial charge is 0.127 e. The zero-order valence-electron chi connectivity index (χ0n) is 10.4. The molecular weight excluding hydrogens is 212 g/mol. The van der Waals surface area contributed by atoms with Crippen LogP contribution in [0.4, 0.5) is 5.82 Å². The number of aryl methyl sites for hydroxylation is 1. The number of likely N-dealkylation sites (N-methyl/N-ethyl adjacent to an activating group) is 1. The molecule has 0 aliphatic heterocycles. The maximum absolute atomic E-state index is 8.87. The van der Waals surface area contributed by atoms with E-state index < -0.39 is 0 Å². The SMILES string of the molecule is Cc1cc(C#N)cc(NCCN(C)C2CC2)n1. The molecule has 1 aliphatic carbocycles. The molecule has 1 aliphatic rings. The average Bonchev–Trinajstić information content (AvgIpc) is 3.12. The summed E-state index contributed by atoms with van der Waals surface area (Å²) in [5, 5.41) is 12.1. The number of anilines is 1. The second-order valence-electron chi connectivity index (χ2n) is 4.63. The maximum atomic E-state index is 8.87. The summed E-state index contributed by atoms with van der Waals surface area (Å²) in [6.07, 6.45) is 2.66. The van der Waals surface area contributed by atoms with Crippen molar-refractivity contribution in [3.05, 3.63) is 23.4 Å². The lowest BCUT2D eigenvalue weighted by Crippen LogP contribution is -2.27. The highest BCUT2D eigenvalue weighted by molar-refractivity contribution is 5.44. The molecule has 0 aromatic carbocycles. The van der Waals surface area contributed by atoms with Crippen LogP contribution in [0.1, 0.15) is 24.1 Å². The Balaban J connectivity index is 1.85. The molecule has 1 aromatic heterocycles. The van der Waals surface area contributed by atoms with E-state index in [0.29, 0.717) is 5.56 Å². The lowest BCUT2D eigenvalue weighted by atomic mass is 10.2. The van der Waals surface area contributed by atoms with Gasteiger partial charge < -0.3 is 10.2 Å². The molecule has 0 radical (unpaired) electrons. The standard InChI is InChI=1S/C13H18N4/c1-10-7-11(9-14)8-13(16-10)15-5-6-17(2)12-3-4-12/h7-8,12H,3-6H2,1-2H3,(H,15,16). The molecule has 0 saturated heterocycles. The van der Waals surface area contributed by atoms with Gasteiger partial charge in [-0.15, -0.1) is 0 Å². The topological polar surface area (TPSA) is 52.0 Å². The van der Waals surface area contributed by atoms with Gasteiger partial charge in [0.2, 0.25) is 0 Å². The second-order valence-corrected chi connectivity index (χ2v) is 4.63. The van der Waals surface area contributed by atoms with Crippen LogP contribution in [0.25, 0.3) is 0 Å². The molecule has 90 valence electrons. The van der Waals surface area contributed by atoms with Crippen LogP contribution >= 0.6 is 0 Å². The fourth-order valence-electron chi connectivity index (χ4n) is 1.88. The fraction of sp³-hybridized carbons (Fsp3) is 0.538. The van der Waals surface area contributed by atoms with Gasteiger partial charge in [0.1, 0.15) is 5.82 Å². The molecule has 0 atom stereocenters. The number of nitrogens with zero attached hydrogens (tertiary/aromatic N) is 3. The summed E-state index contributed by atoms with van der Waals surface area (Å²) >= 11 is 0. The van der Waals surface area contributed by atoms with Crippen molar-refractivity contribution < 1.29 is 0 Å². The minimum atomic E-state index is 0.663. The van der Waals surface area contributed by atoms with Crippen LogP contribution in [0.3, 0.4) is 0 Å². The first-order valence-corrected chi connectivity index (χ1v) is 6.02. The normalized spacial score (nSPS) is 14.7. The van der Waals surface area contributed by atoms with E-state index in [9.17, 15) is 0 Å². The van der Waals surface area contributed by atoms with Crippen LogP contribution in [0, 0.1) is 18.3 Å². The van der Waals surface area contributed by atoms with Crippen molar-refractivity contribution >= 4 is 5.82 Å². The van der Waals surface area contributed by atoms with Crippen LogP contribution < -0.4 is 5.32 Å². The highest BCUT2D eigenvalue weighted by Crippen LogP contribution is 2.24. The Bertz CT molecular complexity index is 432. The van der Waals surface area contributed by atoms with E-state index in [0.717, 1.165) is 30.6 Å². The lowest BCUT2D eigenvalue weighted by molar-refractivity contribution is 0.337. The summed E-state index contributed by atoms with van der Waals surface area (Å²) in [6, 6.07) is 6.52. The van der Waals surface area contributed by atoms with Gasteiger partial charge in [0.15, 0.2) is 0 Å². The fourth-order valence-corrected chi connectivity index (χ4v) is 1.88. The zero-order valence-corrected chi connectivity index (χ0v) is 10.4. The van der Waals surface area contributed by atoms with E-state index in [4.69, 9.17) is 5.26 Å². The number of nitrogens with one attached hydrogen (secondary N) is 1. The van der Waals surface area contributed by atoms with Crippen molar-refractivity contribution in [2.24, 2.45) is 0 Å². The van der Waals surface area contributed by atoms with Crippen LogP contribution in [-0.2, 0) is 0 Å². The third-order valence-corrected chi connectivity index (χ3v) is 3.02. The average molecular weight is 230 g/mol. The molecule has 4 heteroatoms. The van der Waals surface area contributed by atoms with Crippen LogP contribution in [0.5, 0.6) is 0 Å². The number of rotatable bonds is 5. The number of nitriles is 1. The molecule has 0 spiro atoms. The summed E-state index contributed by atoms with van der Waals surface area (Å²) < 4.78 is 0. The largest absolute Gasteiger partial charge is 0.369 e. The van der Waals surface area contributed by atoms with Crippen molar-refractivity contribution in [1.82, 2.24) is 9.88 Å². The Morgan fingerprint density at radius 1 is 1.53 bits per heavy atom. The summed E-state index contributed by atoms with van der Waals surface area (Å²) in [7, 11) is 2.16. The van der Waals surface area contributed by atoms with Gasteiger partial charge in [-0.3, -0.25) is 0 Å². The molecule has 4 nitrogen and oxygen atoms in total. The second kappa shape index (κ2) is 5.15. The minimum Gasteiger partial charge on any atom is -0.369 e. The van der Waals surface area contributed by atoms with E-state index in [1.165, 1.54) is 12.8 Å². The van der Waals surface area contributed by atoms with Crippen LogP contribution in [0.2, 0.25) is 0 Å². The summed E-state index contributed by atoms with van der Waals surface area (Å²) in [6.45, 7) is 3.79. The molecule has 1 N–H and O–H groups in total. The molecule has 0 bridgehead atoms. The Kier molecular flexibility index (Phi) is 3.60. The Hall–Kier alpha value is -1.60. The molecule has 17 heavy (non-hydrogen) atoms. The predicted octanol–water partition coefficient (Wildman–Crippen LogP) is 1.77. The highest BCUT2D eigenvalue weighted by Gasteiger charge is 2.25. The summed E-state index contributed by atoms with van der Waals surface area (Å²) in [4.78, 5) is 6.73. The van der Waals surface area contributed by atoms with Crippen molar-refractivity contribution in [2.45, 2.75) is 25.8 Å². The first-order valence-electron chi connectivity index (χ1n) is 6.02. The number of hydrogen-bond donors (Lipinski definition) is 1. The molecular formula is C13H18N4. The third-order valence-electron chi connectivity index (χ3n) is 3.02. The van der Waals surface area contributed by atoms with Crippen molar-refractivity contribution in [3.63, 3.8) is 0 Å². The van der Waals surface area contributed by atoms with Gasteiger partial charge in [0.25, 0.3) is 0 Å². The minimum absolute atomic E-state index is 0.663. The lowest BCUT2D eigenvalue weighted by Gasteiger charge is -2.16. The first kappa shape index (κ1) is 11.9. The van der Waals surface area contributed by atoms with Gasteiger partial charge in [-0.1, -0.05) is 0 Å². The quantitative estimate of drug-likeness (QED) is 0.837. The zero-order chi connectivity index (χ0) is 12.3. The molecule has 1 saturated carbocycles. The predicted molar refractivity (Wildman–Crippen MR) is 67.8 cm³/mol. The van der Waals surface area contributed by atoms with E-state index in [-0.39, 0.29) is 0 Å². The van der Waals surface area contributed by atoms with Crippen LogP contribution in [0.15, 0.2) is 12.1 Å². The highest BCUT2D eigenvalue weighted by atomic mass is 15.2. The molecule has 0 amide bonds. The van der Waals surface area contributed by atoms with Gasteiger partial charge in [-0.25, -0.2) is 4.98 Å². The van der Waals surface area contributed by atoms with Gasteiger partial charge >= 0.3 is 0 Å². The number of hydrogen-bond acceptors (Lipinski definition) is 4. The third kappa shape index (κ3) is 3.43. The van der Waals surface area contributed by atoms with Gasteiger partial charge in [-0.2, -0.15) is 5.26 Å². The van der Waals surface area contributed by atoms with Crippen molar-refractivity contribution in [3.8, 4) is 6.07 Å². The molecule has 2 rings (SSSR count). The molecule has 1 aromatic rings. The molecule has 1 fully saturated rings. The van der Waals surface area contributed by atoms with E-state index in [1.54, 1.807) is 12.1 Å². The van der Waals surface area contributed by atoms with E-state index in [1.807, 2.05) is 6.92 Å². The van der Waals surface area contributed by atoms with Crippen molar-refractivity contribution in [2.75, 3.05) is 25.5 Å². The Morgan fingerprint density at radius 2 is 2.29 bits per heavy atom. The summed E-state index contributed by atoms with van der Waals surface area (Å²) in [5.41, 5.74) is 1.54. The first-order chi connectivity index (χ1) is 8.19. The van der Waals surface area contributed by atoms with Crippen LogP contribution in [-0.4, -0.2) is 36.1 Å². The molecule has 1 heterocycles. The Morgan fingerprint density at radius 3 is 2.94 bits per heavy atom.